The minimum absolute atomic E-state index is 0.0567. The summed E-state index contributed by atoms with van der Waals surface area (Å²) >= 11 is 2.83. The van der Waals surface area contributed by atoms with Crippen LogP contribution in [0.1, 0.15) is 31.9 Å². The first-order valence-corrected chi connectivity index (χ1v) is 11.4. The van der Waals surface area contributed by atoms with E-state index < -0.39 is 0 Å². The number of hydrogen-bond donors (Lipinski definition) is 2. The predicted octanol–water partition coefficient (Wildman–Crippen LogP) is 3.12. The molecule has 8 nitrogen and oxygen atoms in total. The van der Waals surface area contributed by atoms with E-state index in [1.807, 2.05) is 32.0 Å². The molecule has 2 heterocycles. The number of rotatable bonds is 11. The highest BCUT2D eigenvalue weighted by Crippen LogP contribution is 2.32. The van der Waals surface area contributed by atoms with E-state index in [0.29, 0.717) is 13.2 Å². The van der Waals surface area contributed by atoms with Gasteiger partial charge in [0.05, 0.1) is 11.8 Å². The average molecular weight is 439 g/mol. The molecule has 158 valence electrons. The van der Waals surface area contributed by atoms with E-state index in [1.165, 1.54) is 23.1 Å². The topological polar surface area (TPSA) is 94.6 Å². The van der Waals surface area contributed by atoms with Crippen LogP contribution in [0.2, 0.25) is 0 Å². The second kappa shape index (κ2) is 11.2. The van der Waals surface area contributed by atoms with Crippen LogP contribution in [0.3, 0.4) is 0 Å². The van der Waals surface area contributed by atoms with Gasteiger partial charge in [-0.2, -0.15) is 0 Å². The van der Waals surface area contributed by atoms with E-state index in [2.05, 4.69) is 20.8 Å². The molecule has 0 fully saturated rings. The van der Waals surface area contributed by atoms with Crippen molar-refractivity contribution in [2.75, 3.05) is 44.0 Å². The van der Waals surface area contributed by atoms with Gasteiger partial charge < -0.3 is 24.8 Å². The molecule has 0 saturated heterocycles. The van der Waals surface area contributed by atoms with Crippen LogP contribution >= 0.6 is 23.1 Å². The van der Waals surface area contributed by atoms with Gasteiger partial charge in [0.1, 0.15) is 13.2 Å². The minimum atomic E-state index is -0.129. The van der Waals surface area contributed by atoms with Crippen LogP contribution in [0.15, 0.2) is 22.5 Å². The molecule has 0 bridgehead atoms. The Hall–Kier alpha value is -2.04. The third-order valence-corrected chi connectivity index (χ3v) is 6.14. The van der Waals surface area contributed by atoms with Crippen LogP contribution in [-0.2, 0) is 9.53 Å². The quantitative estimate of drug-likeness (QED) is 0.408. The van der Waals surface area contributed by atoms with Gasteiger partial charge >= 0.3 is 0 Å². The lowest BCUT2D eigenvalue weighted by molar-refractivity contribution is -0.119. The number of carbonyl (C=O) groups excluding carboxylic acids is 1. The number of thioether (sulfide) groups is 1. The fourth-order valence-electron chi connectivity index (χ4n) is 2.68. The zero-order valence-corrected chi connectivity index (χ0v) is 18.2. The lowest BCUT2D eigenvalue weighted by Gasteiger charge is -2.21. The average Bonchev–Trinajstić information content (AvgIpc) is 3.19. The molecule has 1 amide bonds. The number of ether oxygens (including phenoxy) is 3. The first kappa shape index (κ1) is 21.7. The highest BCUT2D eigenvalue weighted by Gasteiger charge is 2.16. The monoisotopic (exact) mass is 438 g/mol. The number of carbonyl (C=O) groups is 1. The number of benzene rings is 1. The van der Waals surface area contributed by atoms with E-state index in [9.17, 15) is 4.79 Å². The largest absolute Gasteiger partial charge is 0.486 e. The van der Waals surface area contributed by atoms with E-state index in [-0.39, 0.29) is 17.7 Å². The summed E-state index contributed by atoms with van der Waals surface area (Å²) in [5.74, 6) is 1.69. The van der Waals surface area contributed by atoms with Crippen molar-refractivity contribution in [3.05, 3.63) is 23.8 Å². The molecule has 0 spiro atoms. The molecule has 1 aliphatic rings. The van der Waals surface area contributed by atoms with Crippen LogP contribution in [0, 0.1) is 0 Å². The Morgan fingerprint density at radius 1 is 1.31 bits per heavy atom. The maximum absolute atomic E-state index is 12.3. The van der Waals surface area contributed by atoms with Crippen molar-refractivity contribution in [1.82, 2.24) is 15.5 Å². The van der Waals surface area contributed by atoms with E-state index in [0.717, 1.165) is 52.7 Å². The molecule has 2 N–H and O–H groups in total. The summed E-state index contributed by atoms with van der Waals surface area (Å²) in [4.78, 5) is 12.3. The zero-order chi connectivity index (χ0) is 20.5. The summed E-state index contributed by atoms with van der Waals surface area (Å²) in [6.07, 6.45) is 0.913. The van der Waals surface area contributed by atoms with Gasteiger partial charge in [0.25, 0.3) is 0 Å². The normalized spacial score (nSPS) is 13.7. The molecule has 0 unspecified atom stereocenters. The number of nitrogens with zero attached hydrogens (tertiary/aromatic N) is 2. The van der Waals surface area contributed by atoms with Gasteiger partial charge in [-0.25, -0.2) is 0 Å². The standard InChI is InChI=1S/C19H26N4O4S2/c1-3-25-8-4-7-20-18-22-23-19(29-18)28-12-17(24)21-13(2)14-5-6-15-16(11-14)27-10-9-26-15/h5-6,11,13H,3-4,7-10,12H2,1-2H3,(H,20,22)(H,21,24)/t13-/m0/s1. The number of hydrogen-bond acceptors (Lipinski definition) is 9. The third-order valence-electron chi connectivity index (χ3n) is 4.12. The molecule has 1 aromatic carbocycles. The van der Waals surface area contributed by atoms with Crippen molar-refractivity contribution in [3.8, 4) is 11.5 Å². The third kappa shape index (κ3) is 6.76. The predicted molar refractivity (Wildman–Crippen MR) is 114 cm³/mol. The van der Waals surface area contributed by atoms with Crippen molar-refractivity contribution in [3.63, 3.8) is 0 Å². The smallest absolute Gasteiger partial charge is 0.230 e. The second-order valence-corrected chi connectivity index (χ2v) is 8.53. The Kier molecular flexibility index (Phi) is 8.38. The highest BCUT2D eigenvalue weighted by molar-refractivity contribution is 8.01. The fourth-order valence-corrected chi connectivity index (χ4v) is 4.27. The highest BCUT2D eigenvalue weighted by atomic mass is 32.2. The summed E-state index contributed by atoms with van der Waals surface area (Å²) in [5.41, 5.74) is 0.974. The zero-order valence-electron chi connectivity index (χ0n) is 16.6. The summed E-state index contributed by atoms with van der Waals surface area (Å²) in [5, 5.41) is 15.2. The van der Waals surface area contributed by atoms with Gasteiger partial charge in [0.15, 0.2) is 15.8 Å². The maximum atomic E-state index is 12.3. The van der Waals surface area contributed by atoms with E-state index in [4.69, 9.17) is 14.2 Å². The van der Waals surface area contributed by atoms with Crippen molar-refractivity contribution in [2.24, 2.45) is 0 Å². The first-order chi connectivity index (χ1) is 14.2. The van der Waals surface area contributed by atoms with Crippen molar-refractivity contribution < 1.29 is 19.0 Å². The molecule has 3 rings (SSSR count). The van der Waals surface area contributed by atoms with Gasteiger partial charge in [-0.05, 0) is 38.0 Å². The van der Waals surface area contributed by atoms with Crippen LogP contribution in [0.4, 0.5) is 5.13 Å². The van der Waals surface area contributed by atoms with Gasteiger partial charge in [-0.3, -0.25) is 4.79 Å². The lowest BCUT2D eigenvalue weighted by atomic mass is 10.1. The summed E-state index contributed by atoms with van der Waals surface area (Å²) in [6.45, 7) is 7.27. The van der Waals surface area contributed by atoms with Crippen molar-refractivity contribution in [1.29, 1.82) is 0 Å². The number of nitrogens with one attached hydrogen (secondary N) is 2. The molecule has 10 heteroatoms. The SMILES string of the molecule is CCOCCCNc1nnc(SCC(=O)N[C@@H](C)c2ccc3c(c2)OCCO3)s1. The maximum Gasteiger partial charge on any atom is 0.230 e. The molecule has 0 aliphatic carbocycles. The van der Waals surface area contributed by atoms with Crippen LogP contribution in [-0.4, -0.2) is 54.8 Å². The van der Waals surface area contributed by atoms with Gasteiger partial charge in [0.2, 0.25) is 11.0 Å². The summed E-state index contributed by atoms with van der Waals surface area (Å²) < 4.78 is 17.2. The Morgan fingerprint density at radius 2 is 2.14 bits per heavy atom. The fraction of sp³-hybridized carbons (Fsp3) is 0.526. The molecule has 29 heavy (non-hydrogen) atoms. The van der Waals surface area contributed by atoms with E-state index in [1.54, 1.807) is 0 Å². The molecule has 1 aromatic heterocycles. The minimum Gasteiger partial charge on any atom is -0.486 e. The summed E-state index contributed by atoms with van der Waals surface area (Å²) in [7, 11) is 0. The van der Waals surface area contributed by atoms with Gasteiger partial charge in [0, 0.05) is 19.8 Å². The molecule has 0 saturated carbocycles. The van der Waals surface area contributed by atoms with Crippen LogP contribution in [0.5, 0.6) is 11.5 Å². The van der Waals surface area contributed by atoms with Gasteiger partial charge in [-0.15, -0.1) is 10.2 Å². The first-order valence-electron chi connectivity index (χ1n) is 9.62. The molecule has 2 aromatic rings. The van der Waals surface area contributed by atoms with Crippen LogP contribution in [0.25, 0.3) is 0 Å². The van der Waals surface area contributed by atoms with E-state index >= 15 is 0 Å². The summed E-state index contributed by atoms with van der Waals surface area (Å²) in [6, 6.07) is 5.61. The Bertz CT molecular complexity index is 802. The van der Waals surface area contributed by atoms with Crippen molar-refractivity contribution >= 4 is 34.1 Å². The molecular weight excluding hydrogens is 412 g/mol. The Labute approximate surface area is 178 Å². The number of amides is 1. The Morgan fingerprint density at radius 3 is 2.97 bits per heavy atom. The number of aromatic nitrogens is 2. The lowest BCUT2D eigenvalue weighted by Crippen LogP contribution is -2.28. The molecule has 1 atom stereocenters. The second-order valence-electron chi connectivity index (χ2n) is 6.33. The van der Waals surface area contributed by atoms with Gasteiger partial charge in [-0.1, -0.05) is 29.2 Å². The van der Waals surface area contributed by atoms with Crippen LogP contribution < -0.4 is 20.1 Å². The number of fused-ring (bicyclic) bond motifs is 1. The molecule has 0 radical (unpaired) electrons. The Balaban J connectivity index is 1.40. The molecule has 1 aliphatic heterocycles. The molecular formula is C19H26N4O4S2. The number of anilines is 1. The van der Waals surface area contributed by atoms with Crippen molar-refractivity contribution in [2.45, 2.75) is 30.6 Å².